The summed E-state index contributed by atoms with van der Waals surface area (Å²) in [6.07, 6.45) is 1.43. The van der Waals surface area contributed by atoms with Gasteiger partial charge in [0.25, 0.3) is 5.91 Å². The number of hydrogen-bond acceptors (Lipinski definition) is 6. The molecule has 29 heavy (non-hydrogen) atoms. The number of nitrogens with one attached hydrogen (secondary N) is 2. The van der Waals surface area contributed by atoms with Crippen molar-refractivity contribution >= 4 is 52.5 Å². The van der Waals surface area contributed by atoms with Crippen molar-refractivity contribution in [2.45, 2.75) is 25.2 Å². The standard InChI is InChI=1S/C18H17Cl2N5O3S/c1-2-25-15(9-21-17(27)14-4-3-7-28-14)23-24-18(25)29-10-16(26)22-13-8-11(19)5-6-12(13)20/h3-8H,2,9-10H2,1H3,(H,21,27)(H,22,26). The first-order valence-electron chi connectivity index (χ1n) is 8.59. The Balaban J connectivity index is 1.57. The fourth-order valence-electron chi connectivity index (χ4n) is 2.44. The summed E-state index contributed by atoms with van der Waals surface area (Å²) in [5, 5.41) is 15.1. The quantitative estimate of drug-likeness (QED) is 0.502. The highest BCUT2D eigenvalue weighted by Gasteiger charge is 2.16. The highest BCUT2D eigenvalue weighted by molar-refractivity contribution is 7.99. The van der Waals surface area contributed by atoms with E-state index >= 15 is 0 Å². The molecule has 11 heteroatoms. The maximum Gasteiger partial charge on any atom is 0.287 e. The Morgan fingerprint density at radius 3 is 2.79 bits per heavy atom. The van der Waals surface area contributed by atoms with Crippen molar-refractivity contribution in [3.8, 4) is 0 Å². The smallest absolute Gasteiger partial charge is 0.287 e. The first-order valence-corrected chi connectivity index (χ1v) is 10.3. The number of aromatic nitrogens is 3. The first kappa shape index (κ1) is 21.2. The van der Waals surface area contributed by atoms with Crippen molar-refractivity contribution in [1.29, 1.82) is 0 Å². The van der Waals surface area contributed by atoms with Gasteiger partial charge >= 0.3 is 0 Å². The van der Waals surface area contributed by atoms with Crippen LogP contribution >= 0.6 is 35.0 Å². The fourth-order valence-corrected chi connectivity index (χ4v) is 3.60. The third-order valence-electron chi connectivity index (χ3n) is 3.80. The minimum Gasteiger partial charge on any atom is -0.459 e. The molecule has 1 aromatic carbocycles. The molecule has 0 bridgehead atoms. The van der Waals surface area contributed by atoms with E-state index in [2.05, 4.69) is 20.8 Å². The van der Waals surface area contributed by atoms with Crippen LogP contribution < -0.4 is 10.6 Å². The molecule has 0 spiro atoms. The van der Waals surface area contributed by atoms with Crippen molar-refractivity contribution in [2.24, 2.45) is 0 Å². The molecule has 0 aliphatic rings. The summed E-state index contributed by atoms with van der Waals surface area (Å²) in [6, 6.07) is 8.06. The molecule has 8 nitrogen and oxygen atoms in total. The zero-order valence-corrected chi connectivity index (χ0v) is 17.6. The van der Waals surface area contributed by atoms with E-state index in [1.165, 1.54) is 18.0 Å². The second kappa shape index (κ2) is 9.82. The summed E-state index contributed by atoms with van der Waals surface area (Å²) < 4.78 is 6.88. The number of carbonyl (C=O) groups is 2. The van der Waals surface area contributed by atoms with E-state index in [4.69, 9.17) is 27.6 Å². The minimum absolute atomic E-state index is 0.111. The van der Waals surface area contributed by atoms with Crippen LogP contribution in [0.1, 0.15) is 23.3 Å². The SMILES string of the molecule is CCn1c(CNC(=O)c2ccco2)nnc1SCC(=O)Nc1cc(Cl)ccc1Cl. The van der Waals surface area contributed by atoms with E-state index in [9.17, 15) is 9.59 Å². The molecule has 0 unspecified atom stereocenters. The lowest BCUT2D eigenvalue weighted by molar-refractivity contribution is -0.113. The second-order valence-corrected chi connectivity index (χ2v) is 7.55. The molecule has 3 rings (SSSR count). The van der Waals surface area contributed by atoms with Gasteiger partial charge < -0.3 is 19.6 Å². The predicted molar refractivity (Wildman–Crippen MR) is 111 cm³/mol. The Kier molecular flexibility index (Phi) is 7.18. The Hall–Kier alpha value is -2.49. The maximum atomic E-state index is 12.2. The number of halogens is 2. The van der Waals surface area contributed by atoms with E-state index in [0.717, 1.165) is 0 Å². The third-order valence-corrected chi connectivity index (χ3v) is 5.33. The van der Waals surface area contributed by atoms with Crippen molar-refractivity contribution in [3.05, 3.63) is 58.2 Å². The number of nitrogens with zero attached hydrogens (tertiary/aromatic N) is 3. The summed E-state index contributed by atoms with van der Waals surface area (Å²) in [4.78, 5) is 24.2. The average Bonchev–Trinajstić information content (AvgIpc) is 3.37. The van der Waals surface area contributed by atoms with Gasteiger partial charge in [0.2, 0.25) is 5.91 Å². The van der Waals surface area contributed by atoms with Gasteiger partial charge in [-0.25, -0.2) is 0 Å². The molecule has 152 valence electrons. The number of rotatable bonds is 8. The summed E-state index contributed by atoms with van der Waals surface area (Å²) in [5.41, 5.74) is 0.447. The van der Waals surface area contributed by atoms with E-state index in [-0.39, 0.29) is 29.9 Å². The molecule has 0 saturated heterocycles. The largest absolute Gasteiger partial charge is 0.459 e. The lowest BCUT2D eigenvalue weighted by Gasteiger charge is -2.09. The van der Waals surface area contributed by atoms with E-state index in [0.29, 0.717) is 33.3 Å². The number of thioether (sulfide) groups is 1. The highest BCUT2D eigenvalue weighted by atomic mass is 35.5. The zero-order chi connectivity index (χ0) is 20.8. The molecule has 3 aromatic rings. The fraction of sp³-hybridized carbons (Fsp3) is 0.222. The van der Waals surface area contributed by atoms with Crippen molar-refractivity contribution in [3.63, 3.8) is 0 Å². The maximum absolute atomic E-state index is 12.2. The van der Waals surface area contributed by atoms with Gasteiger partial charge in [-0.1, -0.05) is 35.0 Å². The third kappa shape index (κ3) is 5.53. The van der Waals surface area contributed by atoms with Crippen LogP contribution in [-0.2, 0) is 17.9 Å². The number of carbonyl (C=O) groups excluding carboxylic acids is 2. The monoisotopic (exact) mass is 453 g/mol. The van der Waals surface area contributed by atoms with Gasteiger partial charge in [-0.05, 0) is 37.3 Å². The summed E-state index contributed by atoms with van der Waals surface area (Å²) >= 11 is 13.2. The number of furan rings is 1. The Bertz CT molecular complexity index is 1010. The molecule has 0 atom stereocenters. The van der Waals surface area contributed by atoms with Crippen molar-refractivity contribution in [2.75, 3.05) is 11.1 Å². The van der Waals surface area contributed by atoms with Crippen molar-refractivity contribution in [1.82, 2.24) is 20.1 Å². The highest BCUT2D eigenvalue weighted by Crippen LogP contribution is 2.26. The predicted octanol–water partition coefficient (Wildman–Crippen LogP) is 3.86. The number of amides is 2. The summed E-state index contributed by atoms with van der Waals surface area (Å²) in [7, 11) is 0. The molecule has 0 aliphatic heterocycles. The molecule has 0 saturated carbocycles. The molecular weight excluding hydrogens is 437 g/mol. The second-order valence-electron chi connectivity index (χ2n) is 5.76. The lowest BCUT2D eigenvalue weighted by atomic mass is 10.3. The molecule has 0 fully saturated rings. The van der Waals surface area contributed by atoms with E-state index in [1.54, 1.807) is 30.3 Å². The molecule has 2 aromatic heterocycles. The van der Waals surface area contributed by atoms with Gasteiger partial charge in [0.15, 0.2) is 16.7 Å². The van der Waals surface area contributed by atoms with Gasteiger partial charge in [-0.2, -0.15) is 0 Å². The Labute approximate surface area is 181 Å². The topological polar surface area (TPSA) is 102 Å². The number of hydrogen-bond donors (Lipinski definition) is 2. The van der Waals surface area contributed by atoms with Gasteiger partial charge in [0.05, 0.1) is 29.3 Å². The first-order chi connectivity index (χ1) is 14.0. The average molecular weight is 454 g/mol. The van der Waals surface area contributed by atoms with Gasteiger partial charge in [-0.15, -0.1) is 10.2 Å². The van der Waals surface area contributed by atoms with E-state index < -0.39 is 0 Å². The zero-order valence-electron chi connectivity index (χ0n) is 15.3. The molecule has 2 heterocycles. The van der Waals surface area contributed by atoms with Crippen molar-refractivity contribution < 1.29 is 14.0 Å². The summed E-state index contributed by atoms with van der Waals surface area (Å²) in [5.74, 6) is 0.316. The molecular formula is C18H17Cl2N5O3S. The van der Waals surface area contributed by atoms with Crippen LogP contribution in [-0.4, -0.2) is 32.3 Å². The van der Waals surface area contributed by atoms with Gasteiger partial charge in [0.1, 0.15) is 0 Å². The van der Waals surface area contributed by atoms with Crippen LogP contribution in [0.3, 0.4) is 0 Å². The van der Waals surface area contributed by atoms with Crippen LogP contribution in [0.5, 0.6) is 0 Å². The Morgan fingerprint density at radius 2 is 2.07 bits per heavy atom. The molecule has 0 aliphatic carbocycles. The molecule has 2 N–H and O–H groups in total. The number of anilines is 1. The van der Waals surface area contributed by atoms with Gasteiger partial charge in [0, 0.05) is 11.6 Å². The Morgan fingerprint density at radius 1 is 1.24 bits per heavy atom. The van der Waals surface area contributed by atoms with Crippen LogP contribution in [0.15, 0.2) is 46.2 Å². The summed E-state index contributed by atoms with van der Waals surface area (Å²) in [6.45, 7) is 2.70. The molecule has 0 radical (unpaired) electrons. The molecule has 2 amide bonds. The van der Waals surface area contributed by atoms with E-state index in [1.807, 2.05) is 11.5 Å². The number of benzene rings is 1. The lowest BCUT2D eigenvalue weighted by Crippen LogP contribution is -2.24. The van der Waals surface area contributed by atoms with Crippen LogP contribution in [0, 0.1) is 0 Å². The van der Waals surface area contributed by atoms with Crippen LogP contribution in [0.25, 0.3) is 0 Å². The van der Waals surface area contributed by atoms with Crippen LogP contribution in [0.2, 0.25) is 10.0 Å². The van der Waals surface area contributed by atoms with Crippen LogP contribution in [0.4, 0.5) is 5.69 Å². The van der Waals surface area contributed by atoms with Gasteiger partial charge in [-0.3, -0.25) is 9.59 Å². The normalized spacial score (nSPS) is 10.7. The minimum atomic E-state index is -0.340.